The van der Waals surface area contributed by atoms with Crippen LogP contribution in [0, 0.1) is 5.92 Å². The summed E-state index contributed by atoms with van der Waals surface area (Å²) in [6, 6.07) is 7.17. The van der Waals surface area contributed by atoms with Gasteiger partial charge in [0.1, 0.15) is 5.58 Å². The van der Waals surface area contributed by atoms with Gasteiger partial charge in [-0.25, -0.2) is 4.79 Å². The molecule has 1 atom stereocenters. The van der Waals surface area contributed by atoms with Gasteiger partial charge in [-0.2, -0.15) is 0 Å². The molecule has 5 heteroatoms. The van der Waals surface area contributed by atoms with E-state index in [1.165, 1.54) is 6.07 Å². The quantitative estimate of drug-likeness (QED) is 0.730. The maximum absolute atomic E-state index is 10.9. The van der Waals surface area contributed by atoms with Crippen molar-refractivity contribution in [2.75, 3.05) is 6.61 Å². The maximum Gasteiger partial charge on any atom is 0.371 e. The molecule has 0 aliphatic heterocycles. The lowest BCUT2D eigenvalue weighted by molar-refractivity contribution is 0.0665. The average Bonchev–Trinajstić information content (AvgIpc) is 2.86. The van der Waals surface area contributed by atoms with Gasteiger partial charge in [0.2, 0.25) is 5.76 Å². The van der Waals surface area contributed by atoms with Gasteiger partial charge in [-0.15, -0.1) is 0 Å². The lowest BCUT2D eigenvalue weighted by Crippen LogP contribution is -2.33. The van der Waals surface area contributed by atoms with E-state index in [0.29, 0.717) is 18.0 Å². The highest BCUT2D eigenvalue weighted by molar-refractivity contribution is 5.91. The molecule has 5 nitrogen and oxygen atoms in total. The van der Waals surface area contributed by atoms with Crippen molar-refractivity contribution in [3.05, 3.63) is 35.6 Å². The van der Waals surface area contributed by atoms with E-state index < -0.39 is 5.97 Å². The van der Waals surface area contributed by atoms with Crippen LogP contribution < -0.4 is 5.32 Å². The van der Waals surface area contributed by atoms with Gasteiger partial charge in [0.05, 0.1) is 6.61 Å². The summed E-state index contributed by atoms with van der Waals surface area (Å²) in [7, 11) is 0. The molecule has 1 aromatic heterocycles. The molecule has 0 saturated carbocycles. The third kappa shape index (κ3) is 4.06. The average molecular weight is 291 g/mol. The highest BCUT2D eigenvalue weighted by atomic mass is 16.4. The number of aromatic carboxylic acids is 1. The molecule has 0 radical (unpaired) electrons. The molecular formula is C16H21NO4. The molecule has 1 aromatic carbocycles. The van der Waals surface area contributed by atoms with Crippen LogP contribution in [0.15, 0.2) is 28.7 Å². The summed E-state index contributed by atoms with van der Waals surface area (Å²) >= 11 is 0. The van der Waals surface area contributed by atoms with Crippen LogP contribution in [-0.4, -0.2) is 28.8 Å². The van der Waals surface area contributed by atoms with Gasteiger partial charge in [-0.1, -0.05) is 19.9 Å². The molecule has 0 amide bonds. The predicted octanol–water partition coefficient (Wildman–Crippen LogP) is 2.63. The third-order valence-electron chi connectivity index (χ3n) is 3.36. The lowest BCUT2D eigenvalue weighted by Gasteiger charge is -2.18. The van der Waals surface area contributed by atoms with Crippen molar-refractivity contribution >= 4 is 16.9 Å². The lowest BCUT2D eigenvalue weighted by atomic mass is 10.0. The Hall–Kier alpha value is -1.85. The van der Waals surface area contributed by atoms with Crippen LogP contribution in [-0.2, 0) is 6.54 Å². The number of nitrogens with one attached hydrogen (secondary N) is 1. The summed E-state index contributed by atoms with van der Waals surface area (Å²) < 4.78 is 5.22. The van der Waals surface area contributed by atoms with Crippen molar-refractivity contribution in [2.45, 2.75) is 32.9 Å². The van der Waals surface area contributed by atoms with Gasteiger partial charge in [-0.3, -0.25) is 0 Å². The summed E-state index contributed by atoms with van der Waals surface area (Å²) in [5.41, 5.74) is 1.60. The Morgan fingerprint density at radius 1 is 1.33 bits per heavy atom. The van der Waals surface area contributed by atoms with Gasteiger partial charge in [-0.05, 0) is 36.1 Å². The number of hydrogen-bond donors (Lipinski definition) is 3. The molecule has 1 unspecified atom stereocenters. The van der Waals surface area contributed by atoms with Crippen molar-refractivity contribution < 1.29 is 19.4 Å². The van der Waals surface area contributed by atoms with Crippen LogP contribution in [0.2, 0.25) is 0 Å². The molecule has 0 aliphatic rings. The third-order valence-corrected chi connectivity index (χ3v) is 3.36. The number of rotatable bonds is 7. The monoisotopic (exact) mass is 291 g/mol. The van der Waals surface area contributed by atoms with E-state index in [-0.39, 0.29) is 18.4 Å². The first-order valence-electron chi connectivity index (χ1n) is 7.09. The van der Waals surface area contributed by atoms with Crippen molar-refractivity contribution in [3.8, 4) is 0 Å². The Morgan fingerprint density at radius 2 is 2.10 bits per heavy atom. The minimum absolute atomic E-state index is 0.0526. The van der Waals surface area contributed by atoms with Gasteiger partial charge in [0, 0.05) is 18.0 Å². The Kier molecular flexibility index (Phi) is 4.98. The van der Waals surface area contributed by atoms with E-state index in [4.69, 9.17) is 9.52 Å². The number of hydrogen-bond acceptors (Lipinski definition) is 4. The zero-order valence-electron chi connectivity index (χ0n) is 12.3. The second-order valence-corrected chi connectivity index (χ2v) is 5.68. The molecule has 0 aliphatic carbocycles. The molecule has 0 fully saturated rings. The Balaban J connectivity index is 2.06. The van der Waals surface area contributed by atoms with Crippen LogP contribution in [0.1, 0.15) is 36.4 Å². The van der Waals surface area contributed by atoms with E-state index in [1.807, 2.05) is 12.1 Å². The molecule has 2 aromatic rings. The summed E-state index contributed by atoms with van der Waals surface area (Å²) in [5, 5.41) is 22.3. The molecule has 0 spiro atoms. The Morgan fingerprint density at radius 3 is 2.71 bits per heavy atom. The van der Waals surface area contributed by atoms with Gasteiger partial charge in [0.15, 0.2) is 0 Å². The number of furan rings is 1. The molecule has 0 saturated heterocycles. The predicted molar refractivity (Wildman–Crippen MR) is 80.3 cm³/mol. The molecule has 114 valence electrons. The zero-order valence-corrected chi connectivity index (χ0v) is 12.3. The van der Waals surface area contributed by atoms with E-state index in [1.54, 1.807) is 6.07 Å². The van der Waals surface area contributed by atoms with Crippen LogP contribution in [0.25, 0.3) is 11.0 Å². The fourth-order valence-electron chi connectivity index (χ4n) is 2.36. The molecule has 1 heterocycles. The molecule has 0 bridgehead atoms. The Bertz CT molecular complexity index is 618. The standard InChI is InChI=1S/C16H21NO4/c1-10(2)5-13(9-18)17-8-11-3-4-14-12(6-11)7-15(21-14)16(19)20/h3-4,6-7,10,13,17-18H,5,8-9H2,1-2H3,(H,19,20). The minimum atomic E-state index is -1.07. The van der Waals surface area contributed by atoms with Crippen LogP contribution >= 0.6 is 0 Å². The Labute approximate surface area is 123 Å². The maximum atomic E-state index is 10.9. The number of benzene rings is 1. The summed E-state index contributed by atoms with van der Waals surface area (Å²) in [6.45, 7) is 4.97. The first kappa shape index (κ1) is 15.5. The van der Waals surface area contributed by atoms with E-state index in [9.17, 15) is 9.90 Å². The first-order valence-corrected chi connectivity index (χ1v) is 7.09. The zero-order chi connectivity index (χ0) is 15.4. The van der Waals surface area contributed by atoms with Crippen LogP contribution in [0.3, 0.4) is 0 Å². The number of aliphatic hydroxyl groups excluding tert-OH is 1. The summed E-state index contributed by atoms with van der Waals surface area (Å²) in [5.74, 6) is -0.601. The molecule has 2 rings (SSSR count). The highest BCUT2D eigenvalue weighted by Gasteiger charge is 2.12. The van der Waals surface area contributed by atoms with Crippen molar-refractivity contribution in [1.29, 1.82) is 0 Å². The normalized spacial score (nSPS) is 13.0. The molecule has 3 N–H and O–H groups in total. The molecule has 21 heavy (non-hydrogen) atoms. The second kappa shape index (κ2) is 6.74. The van der Waals surface area contributed by atoms with E-state index in [2.05, 4.69) is 19.2 Å². The fraction of sp³-hybridized carbons (Fsp3) is 0.438. The van der Waals surface area contributed by atoms with Gasteiger partial charge in [0.25, 0.3) is 0 Å². The van der Waals surface area contributed by atoms with Gasteiger partial charge < -0.3 is 19.9 Å². The SMILES string of the molecule is CC(C)CC(CO)NCc1ccc2oc(C(=O)O)cc2c1. The molecular weight excluding hydrogens is 270 g/mol. The second-order valence-electron chi connectivity index (χ2n) is 5.68. The summed E-state index contributed by atoms with van der Waals surface area (Å²) in [6.07, 6.45) is 0.910. The number of fused-ring (bicyclic) bond motifs is 1. The van der Waals surface area contributed by atoms with E-state index >= 15 is 0 Å². The highest BCUT2D eigenvalue weighted by Crippen LogP contribution is 2.21. The van der Waals surface area contributed by atoms with Crippen molar-refractivity contribution in [1.82, 2.24) is 5.32 Å². The van der Waals surface area contributed by atoms with Crippen molar-refractivity contribution in [3.63, 3.8) is 0 Å². The number of carboxylic acid groups (broad SMARTS) is 1. The largest absolute Gasteiger partial charge is 0.475 e. The number of carboxylic acids is 1. The minimum Gasteiger partial charge on any atom is -0.475 e. The van der Waals surface area contributed by atoms with Crippen LogP contribution in [0.5, 0.6) is 0 Å². The number of aliphatic hydroxyl groups is 1. The number of carbonyl (C=O) groups is 1. The smallest absolute Gasteiger partial charge is 0.371 e. The topological polar surface area (TPSA) is 82.7 Å². The van der Waals surface area contributed by atoms with Crippen molar-refractivity contribution in [2.24, 2.45) is 5.92 Å². The van der Waals surface area contributed by atoms with Gasteiger partial charge >= 0.3 is 5.97 Å². The fourth-order valence-corrected chi connectivity index (χ4v) is 2.36. The first-order chi connectivity index (χ1) is 9.99. The van der Waals surface area contributed by atoms with E-state index in [0.717, 1.165) is 17.4 Å². The summed E-state index contributed by atoms with van der Waals surface area (Å²) in [4.78, 5) is 10.9. The van der Waals surface area contributed by atoms with Crippen LogP contribution in [0.4, 0.5) is 0 Å².